The molecule has 7 nitrogen and oxygen atoms in total. The van der Waals surface area contributed by atoms with Gasteiger partial charge in [0.2, 0.25) is 11.7 Å². The molecule has 1 saturated carbocycles. The van der Waals surface area contributed by atoms with Crippen LogP contribution in [0, 0.1) is 5.92 Å². The van der Waals surface area contributed by atoms with Crippen molar-refractivity contribution in [2.24, 2.45) is 5.92 Å². The minimum Gasteiger partial charge on any atom is -0.493 e. The van der Waals surface area contributed by atoms with E-state index in [0.29, 0.717) is 23.5 Å². The monoisotopic (exact) mass is 433 g/mol. The van der Waals surface area contributed by atoms with E-state index in [2.05, 4.69) is 22.0 Å². The molecular formula is C24H39N3O4. The number of piperazine rings is 1. The van der Waals surface area contributed by atoms with E-state index in [4.69, 9.17) is 14.2 Å². The molecule has 0 unspecified atom stereocenters. The number of carbonyl (C=O) groups is 1. The van der Waals surface area contributed by atoms with E-state index in [1.165, 1.54) is 19.3 Å². The Hall–Kier alpha value is -1.99. The van der Waals surface area contributed by atoms with Gasteiger partial charge in [-0.25, -0.2) is 0 Å². The summed E-state index contributed by atoms with van der Waals surface area (Å²) >= 11 is 0. The lowest BCUT2D eigenvalue weighted by molar-refractivity contribution is -0.127. The van der Waals surface area contributed by atoms with Gasteiger partial charge in [0, 0.05) is 44.3 Å². The maximum absolute atomic E-state index is 12.8. The summed E-state index contributed by atoms with van der Waals surface area (Å²) in [5.41, 5.74) is 1.07. The number of amides is 1. The number of nitrogens with zero attached hydrogens (tertiary/aromatic N) is 2. The summed E-state index contributed by atoms with van der Waals surface area (Å²) in [5.74, 6) is 2.77. The largest absolute Gasteiger partial charge is 0.493 e. The fourth-order valence-corrected chi connectivity index (χ4v) is 4.84. The standard InChI is InChI=1S/C24H39N3O4/c1-17-8-6-7-9-20(17)25-24(28)18(2)27-14-12-26(13-15-27)16-19-10-11-21(29-3)23(31-5)22(19)30-4/h10-11,17-18,20H,6-9,12-16H2,1-5H3,(H,25,28)/t17-,18+,20-/m0/s1. The summed E-state index contributed by atoms with van der Waals surface area (Å²) in [6.45, 7) is 8.65. The molecule has 0 bridgehead atoms. The predicted octanol–water partition coefficient (Wildman–Crippen LogP) is 2.91. The third-order valence-corrected chi connectivity index (χ3v) is 6.95. The Balaban J connectivity index is 1.54. The van der Waals surface area contributed by atoms with Crippen molar-refractivity contribution in [2.45, 2.75) is 58.2 Å². The second-order valence-electron chi connectivity index (χ2n) is 8.86. The highest BCUT2D eigenvalue weighted by Gasteiger charge is 2.29. The summed E-state index contributed by atoms with van der Waals surface area (Å²) in [6, 6.07) is 4.20. The molecule has 174 valence electrons. The van der Waals surface area contributed by atoms with Crippen molar-refractivity contribution in [1.82, 2.24) is 15.1 Å². The number of ether oxygens (including phenoxy) is 3. The Bertz CT molecular complexity index is 734. The Kier molecular flexibility index (Phi) is 8.43. The number of benzene rings is 1. The molecule has 7 heteroatoms. The number of hydrogen-bond acceptors (Lipinski definition) is 6. The minimum absolute atomic E-state index is 0.0908. The molecule has 1 aromatic rings. The highest BCUT2D eigenvalue weighted by atomic mass is 16.5. The maximum atomic E-state index is 12.8. The quantitative estimate of drug-likeness (QED) is 0.680. The van der Waals surface area contributed by atoms with Gasteiger partial charge in [-0.1, -0.05) is 25.8 Å². The van der Waals surface area contributed by atoms with E-state index in [9.17, 15) is 4.79 Å². The molecule has 1 aliphatic carbocycles. The van der Waals surface area contributed by atoms with Gasteiger partial charge in [0.1, 0.15) is 0 Å². The van der Waals surface area contributed by atoms with Crippen molar-refractivity contribution in [3.05, 3.63) is 17.7 Å². The van der Waals surface area contributed by atoms with Crippen LogP contribution in [-0.4, -0.2) is 75.3 Å². The van der Waals surface area contributed by atoms with Gasteiger partial charge in [-0.05, 0) is 31.7 Å². The van der Waals surface area contributed by atoms with Crippen LogP contribution in [0.1, 0.15) is 45.1 Å². The maximum Gasteiger partial charge on any atom is 0.237 e. The minimum atomic E-state index is -0.0908. The highest BCUT2D eigenvalue weighted by molar-refractivity contribution is 5.81. The van der Waals surface area contributed by atoms with Crippen molar-refractivity contribution < 1.29 is 19.0 Å². The first-order valence-electron chi connectivity index (χ1n) is 11.5. The zero-order valence-corrected chi connectivity index (χ0v) is 19.8. The Labute approximate surface area is 187 Å². The van der Waals surface area contributed by atoms with Gasteiger partial charge in [-0.3, -0.25) is 14.6 Å². The van der Waals surface area contributed by atoms with Crippen molar-refractivity contribution in [3.63, 3.8) is 0 Å². The topological polar surface area (TPSA) is 63.3 Å². The molecule has 3 rings (SSSR count). The van der Waals surface area contributed by atoms with E-state index in [0.717, 1.165) is 50.5 Å². The van der Waals surface area contributed by atoms with Crippen LogP contribution < -0.4 is 19.5 Å². The molecule has 3 atom stereocenters. The number of carbonyl (C=O) groups excluding carboxylic acids is 1. The van der Waals surface area contributed by atoms with Crippen LogP contribution >= 0.6 is 0 Å². The van der Waals surface area contributed by atoms with Gasteiger partial charge in [0.05, 0.1) is 27.4 Å². The van der Waals surface area contributed by atoms with Gasteiger partial charge in [-0.2, -0.15) is 0 Å². The normalized spacial score (nSPS) is 23.8. The fourth-order valence-electron chi connectivity index (χ4n) is 4.84. The third kappa shape index (κ3) is 5.63. The molecule has 1 saturated heterocycles. The average molecular weight is 434 g/mol. The molecule has 0 spiro atoms. The Morgan fingerprint density at radius 2 is 1.71 bits per heavy atom. The number of nitrogens with one attached hydrogen (secondary N) is 1. The Morgan fingerprint density at radius 1 is 1.03 bits per heavy atom. The van der Waals surface area contributed by atoms with Crippen LogP contribution in [0.2, 0.25) is 0 Å². The van der Waals surface area contributed by atoms with Crippen LogP contribution in [0.25, 0.3) is 0 Å². The predicted molar refractivity (Wildman–Crippen MR) is 122 cm³/mol. The smallest absolute Gasteiger partial charge is 0.237 e. The Morgan fingerprint density at radius 3 is 2.32 bits per heavy atom. The molecule has 31 heavy (non-hydrogen) atoms. The molecule has 1 aliphatic heterocycles. The lowest BCUT2D eigenvalue weighted by atomic mass is 9.86. The molecule has 1 amide bonds. The highest BCUT2D eigenvalue weighted by Crippen LogP contribution is 2.40. The van der Waals surface area contributed by atoms with E-state index < -0.39 is 0 Å². The first-order valence-corrected chi connectivity index (χ1v) is 11.5. The first kappa shape index (κ1) is 23.7. The van der Waals surface area contributed by atoms with Crippen LogP contribution in [0.15, 0.2) is 12.1 Å². The van der Waals surface area contributed by atoms with Gasteiger partial charge in [0.15, 0.2) is 11.5 Å². The molecule has 0 aromatic heterocycles. The summed E-state index contributed by atoms with van der Waals surface area (Å²) in [4.78, 5) is 17.5. The third-order valence-electron chi connectivity index (χ3n) is 6.95. The van der Waals surface area contributed by atoms with Gasteiger partial charge >= 0.3 is 0 Å². The van der Waals surface area contributed by atoms with Crippen molar-refractivity contribution in [2.75, 3.05) is 47.5 Å². The van der Waals surface area contributed by atoms with E-state index in [1.54, 1.807) is 21.3 Å². The number of methoxy groups -OCH3 is 3. The van der Waals surface area contributed by atoms with Crippen molar-refractivity contribution >= 4 is 5.91 Å². The zero-order valence-electron chi connectivity index (χ0n) is 19.8. The number of hydrogen-bond donors (Lipinski definition) is 1. The molecule has 1 aromatic carbocycles. The van der Waals surface area contributed by atoms with Crippen LogP contribution in [-0.2, 0) is 11.3 Å². The first-order chi connectivity index (χ1) is 15.0. The van der Waals surface area contributed by atoms with E-state index in [1.807, 2.05) is 19.1 Å². The zero-order chi connectivity index (χ0) is 22.4. The van der Waals surface area contributed by atoms with Gasteiger partial charge < -0.3 is 19.5 Å². The van der Waals surface area contributed by atoms with Gasteiger partial charge in [0.25, 0.3) is 0 Å². The summed E-state index contributed by atoms with van der Waals surface area (Å²) in [7, 11) is 4.91. The molecule has 1 heterocycles. The second-order valence-corrected chi connectivity index (χ2v) is 8.86. The number of rotatable bonds is 8. The van der Waals surface area contributed by atoms with E-state index in [-0.39, 0.29) is 11.9 Å². The van der Waals surface area contributed by atoms with Gasteiger partial charge in [-0.15, -0.1) is 0 Å². The molecule has 0 radical (unpaired) electrons. The molecular weight excluding hydrogens is 394 g/mol. The summed E-state index contributed by atoms with van der Waals surface area (Å²) < 4.78 is 16.5. The molecule has 1 N–H and O–H groups in total. The van der Waals surface area contributed by atoms with E-state index >= 15 is 0 Å². The molecule has 2 aliphatic rings. The summed E-state index contributed by atoms with van der Waals surface area (Å²) in [5, 5.41) is 3.32. The van der Waals surface area contributed by atoms with Crippen LogP contribution in [0.5, 0.6) is 17.2 Å². The lowest BCUT2D eigenvalue weighted by Crippen LogP contribution is -2.55. The van der Waals surface area contributed by atoms with Crippen LogP contribution in [0.3, 0.4) is 0 Å². The fraction of sp³-hybridized carbons (Fsp3) is 0.708. The molecule has 2 fully saturated rings. The average Bonchev–Trinajstić information content (AvgIpc) is 2.80. The van der Waals surface area contributed by atoms with Crippen LogP contribution in [0.4, 0.5) is 0 Å². The SMILES string of the molecule is COc1ccc(CN2CCN([C@H](C)C(=O)N[C@H]3CCCC[C@@H]3C)CC2)c(OC)c1OC. The summed E-state index contributed by atoms with van der Waals surface area (Å²) in [6.07, 6.45) is 4.84. The lowest BCUT2D eigenvalue weighted by Gasteiger charge is -2.38. The second kappa shape index (κ2) is 11.0. The van der Waals surface area contributed by atoms with Crippen molar-refractivity contribution in [3.8, 4) is 17.2 Å². The van der Waals surface area contributed by atoms with Crippen molar-refractivity contribution in [1.29, 1.82) is 0 Å².